The fourth-order valence-electron chi connectivity index (χ4n) is 3.68. The minimum atomic E-state index is -3.03. The molecule has 0 radical (unpaired) electrons. The molecule has 0 spiro atoms. The highest BCUT2D eigenvalue weighted by atomic mass is 32.2. The number of rotatable bonds is 7. The summed E-state index contributed by atoms with van der Waals surface area (Å²) in [7, 11) is 2.95. The minimum Gasteiger partial charge on any atom is -0.365 e. The number of hydrogen-bond acceptors (Lipinski definition) is 4. The van der Waals surface area contributed by atoms with Gasteiger partial charge in [-0.2, -0.15) is 0 Å². The van der Waals surface area contributed by atoms with Crippen LogP contribution in [0.25, 0.3) is 10.8 Å². The first-order chi connectivity index (χ1) is 13.2. The van der Waals surface area contributed by atoms with Gasteiger partial charge in [0.1, 0.15) is 0 Å². The monoisotopic (exact) mass is 404 g/mol. The van der Waals surface area contributed by atoms with E-state index in [9.17, 15) is 13.2 Å². The minimum absolute atomic E-state index is 0.0148. The van der Waals surface area contributed by atoms with Crippen LogP contribution in [0, 0.1) is 0 Å². The van der Waals surface area contributed by atoms with E-state index in [1.807, 2.05) is 44.2 Å². The molecule has 28 heavy (non-hydrogen) atoms. The molecule has 1 aliphatic heterocycles. The van der Waals surface area contributed by atoms with E-state index < -0.39 is 9.84 Å². The van der Waals surface area contributed by atoms with Crippen LogP contribution in [0.15, 0.2) is 42.5 Å². The van der Waals surface area contributed by atoms with Crippen molar-refractivity contribution in [2.45, 2.75) is 12.5 Å². The molecule has 1 heterocycles. The Labute approximate surface area is 167 Å². The van der Waals surface area contributed by atoms with Crippen molar-refractivity contribution in [2.24, 2.45) is 0 Å². The Balaban J connectivity index is 1.73. The van der Waals surface area contributed by atoms with Crippen molar-refractivity contribution in [3.63, 3.8) is 0 Å². The summed E-state index contributed by atoms with van der Waals surface area (Å²) in [5.74, 6) is 0.247. The largest absolute Gasteiger partial charge is 0.365 e. The Bertz CT molecular complexity index is 943. The topological polar surface area (TPSA) is 62.1 Å². The smallest absolute Gasteiger partial charge is 0.242 e. The molecule has 152 valence electrons. The zero-order chi connectivity index (χ0) is 20.3. The first kappa shape index (κ1) is 20.6. The lowest BCUT2D eigenvalue weighted by molar-refractivity contribution is -0.857. The average molecular weight is 405 g/mol. The molecule has 1 amide bonds. The highest BCUT2D eigenvalue weighted by Crippen LogP contribution is 2.22. The van der Waals surface area contributed by atoms with Gasteiger partial charge >= 0.3 is 0 Å². The van der Waals surface area contributed by atoms with Crippen molar-refractivity contribution in [3.05, 3.63) is 42.5 Å². The number of sulfone groups is 1. The number of carbonyl (C=O) groups is 1. The van der Waals surface area contributed by atoms with Crippen LogP contribution in [0.3, 0.4) is 0 Å². The van der Waals surface area contributed by atoms with Crippen LogP contribution in [-0.4, -0.2) is 77.5 Å². The van der Waals surface area contributed by atoms with Crippen LogP contribution in [0.4, 0.5) is 5.69 Å². The molecular formula is C21H30N3O3S+. The molecule has 7 heteroatoms. The SMILES string of the molecule is CN(CC(=O)N(CC[NH+](C)C)[C@@H]1CCS(=O)(=O)C1)c1ccc2ccccc2c1. The van der Waals surface area contributed by atoms with Gasteiger partial charge in [0.25, 0.3) is 0 Å². The summed E-state index contributed by atoms with van der Waals surface area (Å²) in [5, 5.41) is 2.30. The third-order valence-electron chi connectivity index (χ3n) is 5.37. The quantitative estimate of drug-likeness (QED) is 0.727. The van der Waals surface area contributed by atoms with Gasteiger partial charge in [-0.3, -0.25) is 4.79 Å². The molecule has 0 unspecified atom stereocenters. The van der Waals surface area contributed by atoms with Crippen molar-refractivity contribution in [1.82, 2.24) is 4.90 Å². The van der Waals surface area contributed by atoms with E-state index in [4.69, 9.17) is 0 Å². The van der Waals surface area contributed by atoms with Gasteiger partial charge in [0.05, 0.1) is 45.2 Å². The molecule has 0 aromatic heterocycles. The van der Waals surface area contributed by atoms with Gasteiger partial charge in [-0.1, -0.05) is 30.3 Å². The van der Waals surface area contributed by atoms with Gasteiger partial charge in [-0.05, 0) is 29.3 Å². The molecule has 0 saturated carbocycles. The Hall–Kier alpha value is -2.12. The predicted molar refractivity (Wildman–Crippen MR) is 114 cm³/mol. The molecule has 6 nitrogen and oxygen atoms in total. The summed E-state index contributed by atoms with van der Waals surface area (Å²) in [6.07, 6.45) is 0.538. The molecule has 1 saturated heterocycles. The number of quaternary nitrogens is 1. The number of amides is 1. The van der Waals surface area contributed by atoms with Gasteiger partial charge in [0.2, 0.25) is 5.91 Å². The molecule has 2 aromatic carbocycles. The van der Waals surface area contributed by atoms with E-state index in [0.717, 1.165) is 23.0 Å². The van der Waals surface area contributed by atoms with Crippen molar-refractivity contribution in [2.75, 3.05) is 57.2 Å². The third-order valence-corrected chi connectivity index (χ3v) is 7.12. The van der Waals surface area contributed by atoms with Gasteiger partial charge in [0.15, 0.2) is 9.84 Å². The summed E-state index contributed by atoms with van der Waals surface area (Å²) in [6, 6.07) is 14.1. The Morgan fingerprint density at radius 3 is 2.50 bits per heavy atom. The number of anilines is 1. The van der Waals surface area contributed by atoms with Crippen molar-refractivity contribution in [3.8, 4) is 0 Å². The van der Waals surface area contributed by atoms with Crippen LogP contribution in [0.1, 0.15) is 6.42 Å². The van der Waals surface area contributed by atoms with Crippen LogP contribution < -0.4 is 9.80 Å². The fraction of sp³-hybridized carbons (Fsp3) is 0.476. The summed E-state index contributed by atoms with van der Waals surface area (Å²) in [4.78, 5) is 18.0. The average Bonchev–Trinajstić information content (AvgIpc) is 3.00. The van der Waals surface area contributed by atoms with E-state index in [-0.39, 0.29) is 30.0 Å². The Kier molecular flexibility index (Phi) is 6.25. The summed E-state index contributed by atoms with van der Waals surface area (Å²) in [5.41, 5.74) is 0.976. The maximum absolute atomic E-state index is 13.1. The standard InChI is InChI=1S/C21H29N3O3S/c1-22(2)11-12-24(20-10-13-28(26,27)16-20)21(25)15-23(3)19-9-8-17-6-4-5-7-18(17)14-19/h4-9,14,20H,10-13,15-16H2,1-3H3/p+1/t20-/m1/s1. The number of fused-ring (bicyclic) bond motifs is 1. The summed E-state index contributed by atoms with van der Waals surface area (Å²) in [6.45, 7) is 1.60. The Morgan fingerprint density at radius 2 is 1.86 bits per heavy atom. The second-order valence-corrected chi connectivity index (χ2v) is 10.2. The van der Waals surface area contributed by atoms with Gasteiger partial charge < -0.3 is 14.7 Å². The molecule has 1 fully saturated rings. The molecule has 1 aliphatic rings. The lowest BCUT2D eigenvalue weighted by Crippen LogP contribution is -3.06. The first-order valence-corrected chi connectivity index (χ1v) is 11.6. The molecule has 0 bridgehead atoms. The van der Waals surface area contributed by atoms with Crippen LogP contribution in [0.2, 0.25) is 0 Å². The third kappa shape index (κ3) is 5.02. The van der Waals surface area contributed by atoms with E-state index >= 15 is 0 Å². The molecule has 1 N–H and O–H groups in total. The maximum atomic E-state index is 13.1. The second kappa shape index (κ2) is 8.49. The molecule has 2 aromatic rings. The molecule has 1 atom stereocenters. The predicted octanol–water partition coefficient (Wildman–Crippen LogP) is 0.436. The van der Waals surface area contributed by atoms with E-state index in [1.165, 1.54) is 4.90 Å². The Morgan fingerprint density at radius 1 is 1.14 bits per heavy atom. The molecule has 0 aliphatic carbocycles. The fourth-order valence-corrected chi connectivity index (χ4v) is 5.41. The molecule has 3 rings (SSSR count). The van der Waals surface area contributed by atoms with Crippen LogP contribution >= 0.6 is 0 Å². The van der Waals surface area contributed by atoms with Gasteiger partial charge in [0, 0.05) is 18.8 Å². The lowest BCUT2D eigenvalue weighted by atomic mass is 10.1. The zero-order valence-corrected chi connectivity index (χ0v) is 17.7. The van der Waals surface area contributed by atoms with Crippen LogP contribution in [0.5, 0.6) is 0 Å². The van der Waals surface area contributed by atoms with Crippen molar-refractivity contribution < 1.29 is 18.1 Å². The van der Waals surface area contributed by atoms with E-state index in [0.29, 0.717) is 13.0 Å². The van der Waals surface area contributed by atoms with Gasteiger partial charge in [-0.25, -0.2) is 8.42 Å². The highest BCUT2D eigenvalue weighted by molar-refractivity contribution is 7.91. The first-order valence-electron chi connectivity index (χ1n) is 9.74. The lowest BCUT2D eigenvalue weighted by Gasteiger charge is -2.31. The number of benzene rings is 2. The number of nitrogens with zero attached hydrogens (tertiary/aromatic N) is 2. The van der Waals surface area contributed by atoms with Crippen molar-refractivity contribution >= 4 is 32.2 Å². The summed E-state index contributed by atoms with van der Waals surface area (Å²) < 4.78 is 23.8. The van der Waals surface area contributed by atoms with Crippen LogP contribution in [-0.2, 0) is 14.6 Å². The number of nitrogens with one attached hydrogen (secondary N) is 1. The number of carbonyl (C=O) groups excluding carboxylic acids is 1. The van der Waals surface area contributed by atoms with E-state index in [1.54, 1.807) is 4.90 Å². The normalized spacial score (nSPS) is 18.5. The summed E-state index contributed by atoms with van der Waals surface area (Å²) >= 11 is 0. The maximum Gasteiger partial charge on any atom is 0.242 e. The number of likely N-dealkylation sites (N-methyl/N-ethyl adjacent to an activating group) is 2. The van der Waals surface area contributed by atoms with E-state index in [2.05, 4.69) is 24.3 Å². The van der Waals surface area contributed by atoms with Gasteiger partial charge in [-0.15, -0.1) is 0 Å². The number of hydrogen-bond donors (Lipinski definition) is 1. The molecular weight excluding hydrogens is 374 g/mol. The second-order valence-electron chi connectivity index (χ2n) is 7.99. The highest BCUT2D eigenvalue weighted by Gasteiger charge is 2.35. The van der Waals surface area contributed by atoms with Crippen molar-refractivity contribution in [1.29, 1.82) is 0 Å². The zero-order valence-electron chi connectivity index (χ0n) is 16.9.